The Labute approximate surface area is 142 Å². The molecule has 0 unspecified atom stereocenters. The molecule has 0 aliphatic carbocycles. The first kappa shape index (κ1) is 15.1. The Kier molecular flexibility index (Phi) is 3.92. The Morgan fingerprint density at radius 2 is 2.04 bits per heavy atom. The average molecular weight is 322 g/mol. The largest absolute Gasteiger partial charge is 0.351 e. The van der Waals surface area contributed by atoms with Gasteiger partial charge in [0.05, 0.1) is 24.3 Å². The number of amides is 1. The molecule has 0 aromatic carbocycles. The van der Waals surface area contributed by atoms with Crippen molar-refractivity contribution in [2.75, 3.05) is 11.4 Å². The molecular weight excluding hydrogens is 300 g/mol. The summed E-state index contributed by atoms with van der Waals surface area (Å²) in [5, 5.41) is 0. The SMILES string of the molecule is Cc1cccc(CN2C(=O)CC[C@@H]3[C@H]2CCN3c2ccccn2)n1. The van der Waals surface area contributed by atoms with Crippen molar-refractivity contribution >= 4 is 11.7 Å². The summed E-state index contributed by atoms with van der Waals surface area (Å²) in [6.07, 6.45) is 4.36. The van der Waals surface area contributed by atoms with Crippen LogP contribution in [0.15, 0.2) is 42.6 Å². The predicted octanol–water partition coefficient (Wildman–Crippen LogP) is 2.55. The summed E-state index contributed by atoms with van der Waals surface area (Å²) >= 11 is 0. The zero-order chi connectivity index (χ0) is 16.5. The van der Waals surface area contributed by atoms with Crippen LogP contribution in [0.4, 0.5) is 5.82 Å². The molecule has 0 radical (unpaired) electrons. The van der Waals surface area contributed by atoms with Crippen LogP contribution in [0.3, 0.4) is 0 Å². The Morgan fingerprint density at radius 1 is 1.12 bits per heavy atom. The summed E-state index contributed by atoms with van der Waals surface area (Å²) in [7, 11) is 0. The van der Waals surface area contributed by atoms with Crippen molar-refractivity contribution < 1.29 is 4.79 Å². The van der Waals surface area contributed by atoms with E-state index < -0.39 is 0 Å². The van der Waals surface area contributed by atoms with Crippen LogP contribution in [0.2, 0.25) is 0 Å². The fourth-order valence-corrected chi connectivity index (χ4v) is 4.02. The standard InChI is InChI=1S/C19H22N4O/c1-14-5-4-6-15(21-14)13-23-17-10-12-22(16(17)8-9-19(23)24)18-7-2-3-11-20-18/h2-7,11,16-17H,8-10,12-13H2,1H3/t16-,17-/m1/s1. The number of piperidine rings is 1. The average Bonchev–Trinajstić information content (AvgIpc) is 3.02. The van der Waals surface area contributed by atoms with E-state index in [1.165, 1.54) is 0 Å². The van der Waals surface area contributed by atoms with E-state index >= 15 is 0 Å². The van der Waals surface area contributed by atoms with Crippen LogP contribution in [0.1, 0.15) is 30.7 Å². The third kappa shape index (κ3) is 2.75. The maximum atomic E-state index is 12.5. The van der Waals surface area contributed by atoms with Gasteiger partial charge >= 0.3 is 0 Å². The van der Waals surface area contributed by atoms with Gasteiger partial charge in [-0.05, 0) is 44.0 Å². The number of rotatable bonds is 3. The number of nitrogens with zero attached hydrogens (tertiary/aromatic N) is 4. The zero-order valence-corrected chi connectivity index (χ0v) is 13.9. The molecule has 1 amide bonds. The number of hydrogen-bond acceptors (Lipinski definition) is 4. The van der Waals surface area contributed by atoms with Gasteiger partial charge in [0.25, 0.3) is 0 Å². The minimum Gasteiger partial charge on any atom is -0.351 e. The highest BCUT2D eigenvalue weighted by Gasteiger charge is 2.43. The number of carbonyl (C=O) groups is 1. The van der Waals surface area contributed by atoms with E-state index in [1.54, 1.807) is 0 Å². The first-order valence-electron chi connectivity index (χ1n) is 8.62. The Morgan fingerprint density at radius 3 is 2.83 bits per heavy atom. The molecule has 2 aromatic heterocycles. The molecule has 5 heteroatoms. The van der Waals surface area contributed by atoms with Gasteiger partial charge < -0.3 is 9.80 Å². The second-order valence-electron chi connectivity index (χ2n) is 6.64. The maximum absolute atomic E-state index is 12.5. The lowest BCUT2D eigenvalue weighted by molar-refractivity contribution is -0.137. The molecule has 2 saturated heterocycles. The summed E-state index contributed by atoms with van der Waals surface area (Å²) in [5.41, 5.74) is 1.97. The van der Waals surface area contributed by atoms with Crippen molar-refractivity contribution in [3.05, 3.63) is 54.0 Å². The van der Waals surface area contributed by atoms with Gasteiger partial charge in [0.1, 0.15) is 5.82 Å². The van der Waals surface area contributed by atoms with Crippen molar-refractivity contribution in [1.29, 1.82) is 0 Å². The first-order valence-corrected chi connectivity index (χ1v) is 8.62. The molecule has 4 heterocycles. The quantitative estimate of drug-likeness (QED) is 0.871. The molecule has 0 N–H and O–H groups in total. The minimum absolute atomic E-state index is 0.252. The predicted molar refractivity (Wildman–Crippen MR) is 92.5 cm³/mol. The van der Waals surface area contributed by atoms with Gasteiger partial charge in [0.2, 0.25) is 5.91 Å². The van der Waals surface area contributed by atoms with Crippen LogP contribution in [-0.4, -0.2) is 39.4 Å². The van der Waals surface area contributed by atoms with E-state index in [4.69, 9.17) is 0 Å². The Bertz CT molecular complexity index is 733. The summed E-state index contributed by atoms with van der Waals surface area (Å²) in [6.45, 7) is 3.55. The van der Waals surface area contributed by atoms with Crippen molar-refractivity contribution in [3.8, 4) is 0 Å². The summed E-state index contributed by atoms with van der Waals surface area (Å²) in [5.74, 6) is 1.27. The molecule has 5 nitrogen and oxygen atoms in total. The smallest absolute Gasteiger partial charge is 0.223 e. The second kappa shape index (κ2) is 6.23. The molecular formula is C19H22N4O. The van der Waals surface area contributed by atoms with Crippen molar-refractivity contribution in [3.63, 3.8) is 0 Å². The third-order valence-electron chi connectivity index (χ3n) is 5.11. The molecule has 4 rings (SSSR count). The van der Waals surface area contributed by atoms with E-state index in [-0.39, 0.29) is 11.9 Å². The molecule has 2 aliphatic rings. The topological polar surface area (TPSA) is 49.3 Å². The summed E-state index contributed by atoms with van der Waals surface area (Å²) in [4.78, 5) is 26.0. The van der Waals surface area contributed by atoms with Crippen LogP contribution in [0, 0.1) is 6.92 Å². The van der Waals surface area contributed by atoms with Gasteiger partial charge in [-0.3, -0.25) is 9.78 Å². The van der Waals surface area contributed by atoms with Gasteiger partial charge in [-0.25, -0.2) is 4.98 Å². The van der Waals surface area contributed by atoms with Crippen molar-refractivity contribution in [2.24, 2.45) is 0 Å². The molecule has 2 atom stereocenters. The van der Waals surface area contributed by atoms with E-state index in [1.807, 2.05) is 48.4 Å². The van der Waals surface area contributed by atoms with E-state index in [0.29, 0.717) is 19.0 Å². The lowest BCUT2D eigenvalue weighted by atomic mass is 9.96. The number of likely N-dealkylation sites (tertiary alicyclic amines) is 1. The highest BCUT2D eigenvalue weighted by molar-refractivity contribution is 5.78. The number of aromatic nitrogens is 2. The Balaban J connectivity index is 1.56. The van der Waals surface area contributed by atoms with E-state index in [9.17, 15) is 4.79 Å². The number of hydrogen-bond donors (Lipinski definition) is 0. The highest BCUT2D eigenvalue weighted by atomic mass is 16.2. The molecule has 2 fully saturated rings. The number of fused-ring (bicyclic) bond motifs is 1. The summed E-state index contributed by atoms with van der Waals surface area (Å²) < 4.78 is 0. The van der Waals surface area contributed by atoms with Gasteiger partial charge in [-0.1, -0.05) is 12.1 Å². The van der Waals surface area contributed by atoms with E-state index in [0.717, 1.165) is 36.6 Å². The first-order chi connectivity index (χ1) is 11.7. The number of aryl methyl sites for hydroxylation is 1. The number of carbonyl (C=O) groups excluding carboxylic acids is 1. The molecule has 2 aliphatic heterocycles. The lowest BCUT2D eigenvalue weighted by Gasteiger charge is -2.40. The lowest BCUT2D eigenvalue weighted by Crippen LogP contribution is -2.52. The normalized spacial score (nSPS) is 23.5. The Hall–Kier alpha value is -2.43. The monoisotopic (exact) mass is 322 g/mol. The molecule has 2 aromatic rings. The van der Waals surface area contributed by atoms with Crippen LogP contribution >= 0.6 is 0 Å². The van der Waals surface area contributed by atoms with Crippen molar-refractivity contribution in [2.45, 2.75) is 44.8 Å². The number of anilines is 1. The second-order valence-corrected chi connectivity index (χ2v) is 6.64. The van der Waals surface area contributed by atoms with Crippen LogP contribution in [0.5, 0.6) is 0 Å². The molecule has 0 spiro atoms. The van der Waals surface area contributed by atoms with Crippen molar-refractivity contribution in [1.82, 2.24) is 14.9 Å². The van der Waals surface area contributed by atoms with Gasteiger partial charge in [-0.15, -0.1) is 0 Å². The minimum atomic E-state index is 0.252. The molecule has 0 bridgehead atoms. The van der Waals surface area contributed by atoms with Crippen LogP contribution < -0.4 is 4.90 Å². The van der Waals surface area contributed by atoms with E-state index in [2.05, 4.69) is 20.9 Å². The van der Waals surface area contributed by atoms with Crippen LogP contribution in [-0.2, 0) is 11.3 Å². The maximum Gasteiger partial charge on any atom is 0.223 e. The molecule has 124 valence electrons. The van der Waals surface area contributed by atoms with Gasteiger partial charge in [0.15, 0.2) is 0 Å². The van der Waals surface area contributed by atoms with Gasteiger partial charge in [0, 0.05) is 24.9 Å². The number of pyridine rings is 2. The van der Waals surface area contributed by atoms with Gasteiger partial charge in [-0.2, -0.15) is 0 Å². The molecule has 24 heavy (non-hydrogen) atoms. The fourth-order valence-electron chi connectivity index (χ4n) is 4.02. The fraction of sp³-hybridized carbons (Fsp3) is 0.421. The summed E-state index contributed by atoms with van der Waals surface area (Å²) in [6, 6.07) is 12.7. The zero-order valence-electron chi connectivity index (χ0n) is 13.9. The highest BCUT2D eigenvalue weighted by Crippen LogP contribution is 2.34. The third-order valence-corrected chi connectivity index (χ3v) is 5.11. The molecule has 0 saturated carbocycles. The van der Waals surface area contributed by atoms with Crippen LogP contribution in [0.25, 0.3) is 0 Å².